The van der Waals surface area contributed by atoms with Crippen LogP contribution in [0.5, 0.6) is 5.75 Å². The Balaban J connectivity index is 1.84. The monoisotopic (exact) mass is 246 g/mol. The molecule has 3 nitrogen and oxygen atoms in total. The zero-order valence-electron chi connectivity index (χ0n) is 11.0. The third-order valence-corrected chi connectivity index (χ3v) is 4.01. The van der Waals surface area contributed by atoms with Crippen molar-refractivity contribution < 1.29 is 4.74 Å². The summed E-state index contributed by atoms with van der Waals surface area (Å²) in [5.74, 6) is 0.963. The van der Waals surface area contributed by atoms with Crippen molar-refractivity contribution in [1.29, 1.82) is 0 Å². The summed E-state index contributed by atoms with van der Waals surface area (Å²) < 4.78 is 5.59. The number of nitrogens with two attached hydrogens (primary N) is 1. The van der Waals surface area contributed by atoms with Crippen molar-refractivity contribution >= 4 is 0 Å². The maximum absolute atomic E-state index is 6.31. The Hall–Kier alpha value is -1.06. The molecule has 1 aliphatic carbocycles. The van der Waals surface area contributed by atoms with Crippen LogP contribution in [-0.2, 0) is 0 Å². The first-order chi connectivity index (χ1) is 8.79. The summed E-state index contributed by atoms with van der Waals surface area (Å²) in [6, 6.07) is 9.88. The molecule has 18 heavy (non-hydrogen) atoms. The van der Waals surface area contributed by atoms with E-state index in [0.717, 1.165) is 24.8 Å². The summed E-state index contributed by atoms with van der Waals surface area (Å²) in [4.78, 5) is 2.59. The lowest BCUT2D eigenvalue weighted by Crippen LogP contribution is -2.33. The van der Waals surface area contributed by atoms with Crippen LogP contribution < -0.4 is 10.5 Å². The molecule has 3 heteroatoms. The van der Waals surface area contributed by atoms with Crippen molar-refractivity contribution in [3.8, 4) is 5.75 Å². The molecule has 2 fully saturated rings. The molecule has 1 saturated carbocycles. The van der Waals surface area contributed by atoms with Gasteiger partial charge in [0.15, 0.2) is 0 Å². The molecule has 1 saturated heterocycles. The molecule has 1 aromatic carbocycles. The van der Waals surface area contributed by atoms with Gasteiger partial charge in [0.05, 0.1) is 12.6 Å². The van der Waals surface area contributed by atoms with E-state index in [4.69, 9.17) is 10.5 Å². The summed E-state index contributed by atoms with van der Waals surface area (Å²) >= 11 is 0. The van der Waals surface area contributed by atoms with Crippen molar-refractivity contribution in [3.63, 3.8) is 0 Å². The largest absolute Gasteiger partial charge is 0.494 e. The van der Waals surface area contributed by atoms with Crippen LogP contribution in [0.4, 0.5) is 0 Å². The van der Waals surface area contributed by atoms with Gasteiger partial charge in [-0.3, -0.25) is 4.90 Å². The molecule has 2 N–H and O–H groups in total. The molecule has 0 radical (unpaired) electrons. The van der Waals surface area contributed by atoms with Crippen LogP contribution >= 0.6 is 0 Å². The normalized spacial score (nSPS) is 28.6. The minimum Gasteiger partial charge on any atom is -0.494 e. The van der Waals surface area contributed by atoms with E-state index in [1.807, 2.05) is 13.0 Å². The lowest BCUT2D eigenvalue weighted by Gasteiger charge is -2.27. The van der Waals surface area contributed by atoms with Crippen LogP contribution in [0.1, 0.15) is 37.8 Å². The number of hydrogen-bond donors (Lipinski definition) is 1. The molecule has 2 aliphatic rings. The smallest absolute Gasteiger partial charge is 0.119 e. The number of ether oxygens (including phenoxy) is 1. The average Bonchev–Trinajstić information content (AvgIpc) is 3.14. The fraction of sp³-hybridized carbons (Fsp3) is 0.600. The van der Waals surface area contributed by atoms with Crippen molar-refractivity contribution in [2.45, 2.75) is 44.3 Å². The molecule has 0 bridgehead atoms. The minimum atomic E-state index is 0.266. The molecule has 0 amide bonds. The van der Waals surface area contributed by atoms with Gasteiger partial charge in [-0.15, -0.1) is 0 Å². The Bertz CT molecular complexity index is 417. The second kappa shape index (κ2) is 4.90. The first-order valence-corrected chi connectivity index (χ1v) is 7.03. The van der Waals surface area contributed by atoms with E-state index in [2.05, 4.69) is 23.1 Å². The number of nitrogens with zero attached hydrogens (tertiary/aromatic N) is 1. The highest BCUT2D eigenvalue weighted by Gasteiger charge is 2.41. The van der Waals surface area contributed by atoms with Gasteiger partial charge >= 0.3 is 0 Å². The van der Waals surface area contributed by atoms with Crippen LogP contribution in [0.2, 0.25) is 0 Å². The molecule has 98 valence electrons. The Morgan fingerprint density at radius 3 is 2.89 bits per heavy atom. The van der Waals surface area contributed by atoms with Crippen molar-refractivity contribution in [2.75, 3.05) is 13.2 Å². The zero-order chi connectivity index (χ0) is 12.5. The van der Waals surface area contributed by atoms with E-state index < -0.39 is 0 Å². The van der Waals surface area contributed by atoms with Gasteiger partial charge in [-0.25, -0.2) is 0 Å². The first kappa shape index (κ1) is 12.0. The molecule has 3 rings (SSSR count). The maximum atomic E-state index is 6.31. The van der Waals surface area contributed by atoms with Crippen molar-refractivity contribution in [2.24, 2.45) is 5.73 Å². The summed E-state index contributed by atoms with van der Waals surface area (Å²) in [7, 11) is 0. The van der Waals surface area contributed by atoms with E-state index in [1.165, 1.54) is 18.4 Å². The van der Waals surface area contributed by atoms with Crippen molar-refractivity contribution in [1.82, 2.24) is 4.90 Å². The molecule has 0 spiro atoms. The fourth-order valence-corrected chi connectivity index (χ4v) is 3.05. The first-order valence-electron chi connectivity index (χ1n) is 7.03. The maximum Gasteiger partial charge on any atom is 0.119 e. The average molecular weight is 246 g/mol. The second-order valence-electron chi connectivity index (χ2n) is 5.37. The second-order valence-corrected chi connectivity index (χ2v) is 5.37. The van der Waals surface area contributed by atoms with Crippen LogP contribution in [-0.4, -0.2) is 30.1 Å². The molecule has 0 aromatic heterocycles. The summed E-state index contributed by atoms with van der Waals surface area (Å²) in [5.41, 5.74) is 7.63. The molecular formula is C15H22N2O. The van der Waals surface area contributed by atoms with Crippen LogP contribution in [0.3, 0.4) is 0 Å². The highest BCUT2D eigenvalue weighted by molar-refractivity contribution is 5.32. The Kier molecular flexibility index (Phi) is 3.27. The quantitative estimate of drug-likeness (QED) is 0.886. The summed E-state index contributed by atoms with van der Waals surface area (Å²) in [6.07, 6.45) is 3.79. The van der Waals surface area contributed by atoms with Crippen LogP contribution in [0.15, 0.2) is 24.3 Å². The summed E-state index contributed by atoms with van der Waals surface area (Å²) in [5, 5.41) is 0. The van der Waals surface area contributed by atoms with Gasteiger partial charge in [0, 0.05) is 18.6 Å². The van der Waals surface area contributed by atoms with Crippen molar-refractivity contribution in [3.05, 3.63) is 29.8 Å². The van der Waals surface area contributed by atoms with Gasteiger partial charge in [-0.2, -0.15) is 0 Å². The van der Waals surface area contributed by atoms with E-state index in [9.17, 15) is 0 Å². The number of likely N-dealkylation sites (tertiary alicyclic amines) is 1. The molecule has 1 aromatic rings. The van der Waals surface area contributed by atoms with Gasteiger partial charge in [0.2, 0.25) is 0 Å². The minimum absolute atomic E-state index is 0.266. The Labute approximate surface area is 109 Å². The van der Waals surface area contributed by atoms with E-state index in [0.29, 0.717) is 12.6 Å². The topological polar surface area (TPSA) is 38.5 Å². The van der Waals surface area contributed by atoms with E-state index in [1.54, 1.807) is 0 Å². The van der Waals surface area contributed by atoms with Gasteiger partial charge in [-0.05, 0) is 43.9 Å². The molecular weight excluding hydrogens is 224 g/mol. The Morgan fingerprint density at radius 1 is 1.33 bits per heavy atom. The fourth-order valence-electron chi connectivity index (χ4n) is 3.05. The highest BCUT2D eigenvalue weighted by Crippen LogP contribution is 2.40. The number of hydrogen-bond acceptors (Lipinski definition) is 3. The summed E-state index contributed by atoms with van der Waals surface area (Å²) in [6.45, 7) is 3.88. The predicted molar refractivity (Wildman–Crippen MR) is 72.7 cm³/mol. The third-order valence-electron chi connectivity index (χ3n) is 4.01. The van der Waals surface area contributed by atoms with Gasteiger partial charge < -0.3 is 10.5 Å². The molecule has 1 aliphatic heterocycles. The van der Waals surface area contributed by atoms with Gasteiger partial charge in [-0.1, -0.05) is 12.1 Å². The number of rotatable bonds is 4. The number of benzene rings is 1. The van der Waals surface area contributed by atoms with Gasteiger partial charge in [0.25, 0.3) is 0 Å². The SMILES string of the molecule is CCOc1cccc(C2C(N)CCN2C2CC2)c1. The third kappa shape index (κ3) is 2.25. The lowest BCUT2D eigenvalue weighted by molar-refractivity contribution is 0.236. The lowest BCUT2D eigenvalue weighted by atomic mass is 10.0. The van der Waals surface area contributed by atoms with E-state index >= 15 is 0 Å². The van der Waals surface area contributed by atoms with Crippen LogP contribution in [0.25, 0.3) is 0 Å². The van der Waals surface area contributed by atoms with Crippen LogP contribution in [0, 0.1) is 0 Å². The molecule has 2 atom stereocenters. The van der Waals surface area contributed by atoms with E-state index in [-0.39, 0.29) is 6.04 Å². The van der Waals surface area contributed by atoms with Gasteiger partial charge in [0.1, 0.15) is 5.75 Å². The molecule has 2 unspecified atom stereocenters. The molecule has 1 heterocycles. The highest BCUT2D eigenvalue weighted by atomic mass is 16.5. The standard InChI is InChI=1S/C15H22N2O/c1-2-18-13-5-3-4-11(10-13)15-14(16)8-9-17(15)12-6-7-12/h3-5,10,12,14-15H,2,6-9,16H2,1H3. The predicted octanol–water partition coefficient (Wildman–Crippen LogP) is 2.32. The zero-order valence-corrected chi connectivity index (χ0v) is 11.0. The Morgan fingerprint density at radius 2 is 2.17 bits per heavy atom.